The zero-order valence-corrected chi connectivity index (χ0v) is 15.2. The largest absolute Gasteiger partial charge is 0.352 e. The predicted molar refractivity (Wildman–Crippen MR) is 99.0 cm³/mol. The Bertz CT molecular complexity index is 883. The van der Waals surface area contributed by atoms with E-state index in [0.29, 0.717) is 17.1 Å². The molecule has 132 valence electrons. The highest BCUT2D eigenvalue weighted by Gasteiger charge is 2.13. The summed E-state index contributed by atoms with van der Waals surface area (Å²) < 4.78 is 1.87. The number of fused-ring (bicyclic) bond motifs is 1. The number of H-pyrrole nitrogens is 1. The Labute approximate surface area is 151 Å². The van der Waals surface area contributed by atoms with Gasteiger partial charge in [0.2, 0.25) is 0 Å². The van der Waals surface area contributed by atoms with Gasteiger partial charge in [0.05, 0.1) is 22.8 Å². The maximum Gasteiger partial charge on any atom is 0.254 e. The van der Waals surface area contributed by atoms with Crippen LogP contribution in [0.25, 0.3) is 11.0 Å². The van der Waals surface area contributed by atoms with Gasteiger partial charge in [0, 0.05) is 30.2 Å². The second-order valence-corrected chi connectivity index (χ2v) is 6.51. The minimum atomic E-state index is -0.0729. The van der Waals surface area contributed by atoms with Gasteiger partial charge in [-0.2, -0.15) is 5.10 Å². The van der Waals surface area contributed by atoms with E-state index in [9.17, 15) is 4.79 Å². The number of carbonyl (C=O) groups excluding carboxylic acids is 1. The van der Waals surface area contributed by atoms with Crippen LogP contribution >= 0.6 is 11.6 Å². The molecular formula is C18H22ClN5O. The lowest BCUT2D eigenvalue weighted by Crippen LogP contribution is -2.25. The molecule has 7 heteroatoms. The maximum atomic E-state index is 12.3. The van der Waals surface area contributed by atoms with Crippen molar-refractivity contribution in [1.29, 1.82) is 0 Å². The summed E-state index contributed by atoms with van der Waals surface area (Å²) in [5.74, 6) is 0.828. The van der Waals surface area contributed by atoms with Crippen LogP contribution in [-0.2, 0) is 13.0 Å². The second-order valence-electron chi connectivity index (χ2n) is 6.07. The number of nitrogens with zero attached hydrogens (tertiary/aromatic N) is 3. The Balaban J connectivity index is 1.51. The van der Waals surface area contributed by atoms with Crippen LogP contribution in [0.4, 0.5) is 0 Å². The smallest absolute Gasteiger partial charge is 0.254 e. The molecule has 2 N–H and O–H groups in total. The third kappa shape index (κ3) is 4.02. The normalized spacial score (nSPS) is 11.2. The van der Waals surface area contributed by atoms with Crippen molar-refractivity contribution in [2.24, 2.45) is 0 Å². The van der Waals surface area contributed by atoms with Crippen LogP contribution in [0.15, 0.2) is 24.4 Å². The molecule has 0 fully saturated rings. The van der Waals surface area contributed by atoms with Crippen molar-refractivity contribution >= 4 is 28.5 Å². The predicted octanol–water partition coefficient (Wildman–Crippen LogP) is 3.49. The minimum Gasteiger partial charge on any atom is -0.352 e. The Morgan fingerprint density at radius 2 is 2.24 bits per heavy atom. The molecule has 0 saturated heterocycles. The quantitative estimate of drug-likeness (QED) is 0.634. The minimum absolute atomic E-state index is 0.0729. The summed E-state index contributed by atoms with van der Waals surface area (Å²) in [5.41, 5.74) is 3.40. The highest BCUT2D eigenvalue weighted by molar-refractivity contribution is 6.31. The lowest BCUT2D eigenvalue weighted by molar-refractivity contribution is 0.0952. The van der Waals surface area contributed by atoms with Crippen molar-refractivity contribution in [2.75, 3.05) is 6.54 Å². The molecule has 0 atom stereocenters. The monoisotopic (exact) mass is 359 g/mol. The van der Waals surface area contributed by atoms with Crippen LogP contribution in [0.1, 0.15) is 41.6 Å². The first-order chi connectivity index (χ1) is 12.1. The molecule has 3 rings (SSSR count). The van der Waals surface area contributed by atoms with Gasteiger partial charge >= 0.3 is 0 Å². The highest BCUT2D eigenvalue weighted by atomic mass is 35.5. The van der Waals surface area contributed by atoms with Crippen molar-refractivity contribution in [3.8, 4) is 0 Å². The van der Waals surface area contributed by atoms with Gasteiger partial charge in [-0.25, -0.2) is 4.98 Å². The molecule has 1 amide bonds. The van der Waals surface area contributed by atoms with Crippen molar-refractivity contribution in [3.63, 3.8) is 0 Å². The Morgan fingerprint density at radius 1 is 1.40 bits per heavy atom. The average molecular weight is 360 g/mol. The van der Waals surface area contributed by atoms with Gasteiger partial charge in [0.1, 0.15) is 5.82 Å². The Hall–Kier alpha value is -2.34. The van der Waals surface area contributed by atoms with E-state index >= 15 is 0 Å². The number of hydrogen-bond acceptors (Lipinski definition) is 3. The molecule has 2 heterocycles. The van der Waals surface area contributed by atoms with E-state index < -0.39 is 0 Å². The molecule has 0 bridgehead atoms. The Kier molecular flexibility index (Phi) is 5.38. The number of aromatic amines is 1. The van der Waals surface area contributed by atoms with Crippen LogP contribution in [0.2, 0.25) is 5.02 Å². The third-order valence-electron chi connectivity index (χ3n) is 4.15. The molecule has 6 nitrogen and oxygen atoms in total. The van der Waals surface area contributed by atoms with Gasteiger partial charge in [-0.15, -0.1) is 0 Å². The van der Waals surface area contributed by atoms with Gasteiger partial charge in [0.15, 0.2) is 0 Å². The van der Waals surface area contributed by atoms with Crippen LogP contribution < -0.4 is 5.32 Å². The number of aryl methyl sites for hydroxylation is 2. The number of halogens is 1. The molecule has 2 aromatic heterocycles. The molecular weight excluding hydrogens is 338 g/mol. The first-order valence-electron chi connectivity index (χ1n) is 8.53. The lowest BCUT2D eigenvalue weighted by atomic mass is 10.2. The summed E-state index contributed by atoms with van der Waals surface area (Å²) in [6.07, 6.45) is 4.21. The van der Waals surface area contributed by atoms with Gasteiger partial charge in [-0.05, 0) is 38.0 Å². The van der Waals surface area contributed by atoms with Crippen molar-refractivity contribution in [2.45, 2.75) is 39.7 Å². The molecule has 0 aliphatic heterocycles. The molecule has 25 heavy (non-hydrogen) atoms. The molecule has 0 aliphatic rings. The number of imidazole rings is 1. The third-order valence-corrected chi connectivity index (χ3v) is 4.39. The number of benzene rings is 1. The molecule has 1 aromatic carbocycles. The molecule has 0 saturated carbocycles. The van der Waals surface area contributed by atoms with Gasteiger partial charge in [-0.3, -0.25) is 9.48 Å². The zero-order chi connectivity index (χ0) is 17.8. The molecule has 0 unspecified atom stereocenters. The first-order valence-corrected chi connectivity index (χ1v) is 8.91. The molecule has 0 spiro atoms. The van der Waals surface area contributed by atoms with Crippen molar-refractivity contribution < 1.29 is 4.79 Å². The summed E-state index contributed by atoms with van der Waals surface area (Å²) in [6.45, 7) is 5.44. The zero-order valence-electron chi connectivity index (χ0n) is 14.5. The molecule has 0 radical (unpaired) electrons. The number of amides is 1. The Morgan fingerprint density at radius 3 is 3.04 bits per heavy atom. The van der Waals surface area contributed by atoms with Gasteiger partial charge in [-0.1, -0.05) is 18.5 Å². The fraction of sp³-hybridized carbons (Fsp3) is 0.389. The van der Waals surface area contributed by atoms with Crippen LogP contribution in [0.5, 0.6) is 0 Å². The second kappa shape index (κ2) is 7.70. The fourth-order valence-electron chi connectivity index (χ4n) is 2.81. The van der Waals surface area contributed by atoms with E-state index in [2.05, 4.69) is 27.3 Å². The summed E-state index contributed by atoms with van der Waals surface area (Å²) in [7, 11) is 0. The van der Waals surface area contributed by atoms with Crippen LogP contribution in [-0.4, -0.2) is 32.2 Å². The summed E-state index contributed by atoms with van der Waals surface area (Å²) >= 11 is 5.98. The standard InChI is InChI=1S/C18H22ClN5O/c1-3-9-24-12(2)14(11-21-24)18(25)20-8-4-5-17-22-15-7-6-13(19)10-16(15)23-17/h6-7,10-11H,3-5,8-9H2,1-2H3,(H,20,25)(H,22,23). The van der Waals surface area contributed by atoms with Gasteiger partial charge < -0.3 is 10.3 Å². The fourth-order valence-corrected chi connectivity index (χ4v) is 2.98. The van der Waals surface area contributed by atoms with E-state index in [0.717, 1.165) is 48.4 Å². The first kappa shape index (κ1) is 17.5. The number of nitrogens with one attached hydrogen (secondary N) is 2. The number of rotatable bonds is 7. The summed E-state index contributed by atoms with van der Waals surface area (Å²) in [6, 6.07) is 5.60. The summed E-state index contributed by atoms with van der Waals surface area (Å²) in [4.78, 5) is 20.1. The van der Waals surface area contributed by atoms with E-state index in [1.54, 1.807) is 6.20 Å². The van der Waals surface area contributed by atoms with E-state index in [-0.39, 0.29) is 5.91 Å². The highest BCUT2D eigenvalue weighted by Crippen LogP contribution is 2.17. The van der Waals surface area contributed by atoms with Crippen molar-refractivity contribution in [1.82, 2.24) is 25.1 Å². The van der Waals surface area contributed by atoms with E-state index in [1.165, 1.54) is 0 Å². The lowest BCUT2D eigenvalue weighted by Gasteiger charge is -2.05. The molecule has 0 aliphatic carbocycles. The SMILES string of the molecule is CCCn1ncc(C(=O)NCCCc2nc3ccc(Cl)cc3[nH]2)c1C. The topological polar surface area (TPSA) is 75.6 Å². The van der Waals surface area contributed by atoms with Crippen molar-refractivity contribution in [3.05, 3.63) is 46.5 Å². The maximum absolute atomic E-state index is 12.3. The average Bonchev–Trinajstić information content (AvgIpc) is 3.15. The van der Waals surface area contributed by atoms with Gasteiger partial charge in [0.25, 0.3) is 5.91 Å². The van der Waals surface area contributed by atoms with E-state index in [1.807, 2.05) is 29.8 Å². The number of carbonyl (C=O) groups is 1. The van der Waals surface area contributed by atoms with Crippen LogP contribution in [0.3, 0.4) is 0 Å². The van der Waals surface area contributed by atoms with Crippen LogP contribution in [0, 0.1) is 6.92 Å². The number of hydrogen-bond donors (Lipinski definition) is 2. The van der Waals surface area contributed by atoms with E-state index in [4.69, 9.17) is 11.6 Å². The summed E-state index contributed by atoms with van der Waals surface area (Å²) in [5, 5.41) is 7.91. The number of aromatic nitrogens is 4. The molecule has 3 aromatic rings.